The van der Waals surface area contributed by atoms with E-state index in [1.807, 2.05) is 0 Å². The summed E-state index contributed by atoms with van der Waals surface area (Å²) < 4.78 is 76.2. The average molecular weight is 294 g/mol. The second-order valence-corrected chi connectivity index (χ2v) is 4.04. The molecule has 1 N–H and O–H groups in total. The van der Waals surface area contributed by atoms with Gasteiger partial charge in [-0.05, 0) is 24.3 Å². The van der Waals surface area contributed by atoms with Crippen LogP contribution in [0.3, 0.4) is 0 Å². The Hall–Kier alpha value is -2.34. The van der Waals surface area contributed by atoms with E-state index in [-0.39, 0.29) is 16.0 Å². The van der Waals surface area contributed by atoms with Crippen molar-refractivity contribution in [2.45, 2.75) is 0 Å². The lowest BCUT2D eigenvalue weighted by Gasteiger charge is -2.27. The van der Waals surface area contributed by atoms with Crippen LogP contribution in [0.2, 0.25) is 0 Å². The van der Waals surface area contributed by atoms with E-state index in [2.05, 4.69) is 9.97 Å². The van der Waals surface area contributed by atoms with E-state index >= 15 is 0 Å². The molecule has 1 fully saturated rings. The molecule has 1 saturated heterocycles. The molecule has 0 saturated carbocycles. The Morgan fingerprint density at radius 3 is 2.38 bits per heavy atom. The largest absolute Gasteiger partial charge is 0.338 e. The number of hydrogen-bond acceptors (Lipinski definition) is 5. The summed E-state index contributed by atoms with van der Waals surface area (Å²) in [6.45, 7) is -12.1. The Balaban J connectivity index is 2.01. The summed E-state index contributed by atoms with van der Waals surface area (Å²) in [6, 6.07) is 4.69. The van der Waals surface area contributed by atoms with Crippen LogP contribution in [0.5, 0.6) is 0 Å². The van der Waals surface area contributed by atoms with Crippen LogP contribution in [-0.4, -0.2) is 41.7 Å². The SMILES string of the molecule is [2H]C1([2H])NC([2H])([2H])C([2H])([2H])N(c2ncc(C(=O)c3ccc(F)cc3)cn2)C1([2H])[2H]. The Morgan fingerprint density at radius 2 is 1.76 bits per heavy atom. The standard InChI is InChI=1S/C15H15FN4O/c16-13-3-1-11(2-4-13)14(21)12-9-18-15(19-10-12)20-7-5-17-6-8-20/h1-4,9-10,17H,5-8H2/i5D2,6D2,7D2,8D2. The molecule has 2 heterocycles. The first-order valence-corrected chi connectivity index (χ1v) is 5.93. The van der Waals surface area contributed by atoms with Gasteiger partial charge in [0.25, 0.3) is 0 Å². The van der Waals surface area contributed by atoms with Crippen molar-refractivity contribution in [3.8, 4) is 0 Å². The highest BCUT2D eigenvalue weighted by atomic mass is 19.1. The molecule has 1 aromatic carbocycles. The van der Waals surface area contributed by atoms with Crippen molar-refractivity contribution >= 4 is 11.7 Å². The van der Waals surface area contributed by atoms with E-state index in [9.17, 15) is 9.18 Å². The van der Waals surface area contributed by atoms with Gasteiger partial charge in [-0.2, -0.15) is 0 Å². The van der Waals surface area contributed by atoms with Gasteiger partial charge in [-0.15, -0.1) is 0 Å². The first-order chi connectivity index (χ1) is 13.2. The van der Waals surface area contributed by atoms with E-state index in [1.54, 1.807) is 5.32 Å². The molecule has 1 aromatic heterocycles. The summed E-state index contributed by atoms with van der Waals surface area (Å²) in [6.07, 6.45) is 1.96. The second-order valence-electron chi connectivity index (χ2n) is 4.04. The van der Waals surface area contributed by atoms with Gasteiger partial charge in [0, 0.05) is 49.4 Å². The van der Waals surface area contributed by atoms with E-state index in [0.29, 0.717) is 0 Å². The number of carbonyl (C=O) groups is 1. The molecule has 2 aromatic rings. The molecule has 0 atom stereocenters. The zero-order chi connectivity index (χ0) is 21.8. The van der Waals surface area contributed by atoms with E-state index < -0.39 is 43.5 Å². The van der Waals surface area contributed by atoms with Crippen molar-refractivity contribution < 1.29 is 20.2 Å². The maximum atomic E-state index is 13.0. The minimum absolute atomic E-state index is 0.0531. The quantitative estimate of drug-likeness (QED) is 0.864. The highest BCUT2D eigenvalue weighted by Gasteiger charge is 2.15. The number of ketones is 1. The number of benzene rings is 1. The van der Waals surface area contributed by atoms with Crippen molar-refractivity contribution in [1.29, 1.82) is 0 Å². The predicted molar refractivity (Wildman–Crippen MR) is 76.9 cm³/mol. The molecule has 0 amide bonds. The van der Waals surface area contributed by atoms with E-state index in [0.717, 1.165) is 24.5 Å². The lowest BCUT2D eigenvalue weighted by atomic mass is 10.1. The van der Waals surface area contributed by atoms with Crippen LogP contribution in [-0.2, 0) is 0 Å². The molecule has 0 unspecified atom stereocenters. The third-order valence-corrected chi connectivity index (χ3v) is 2.67. The molecule has 0 bridgehead atoms. The van der Waals surface area contributed by atoms with Gasteiger partial charge in [0.05, 0.1) is 11.0 Å². The Labute approximate surface area is 133 Å². The zero-order valence-corrected chi connectivity index (χ0v) is 10.6. The average Bonchev–Trinajstić information content (AvgIpc) is 2.60. The van der Waals surface area contributed by atoms with Crippen LogP contribution in [0, 0.1) is 5.82 Å². The normalized spacial score (nSPS) is 30.2. The Bertz CT molecular complexity index is 910. The number of hydrogen-bond donors (Lipinski definition) is 1. The Morgan fingerprint density at radius 1 is 1.14 bits per heavy atom. The summed E-state index contributed by atoms with van der Waals surface area (Å²) in [7, 11) is 0. The molecule has 0 spiro atoms. The minimum atomic E-state index is -3.08. The van der Waals surface area contributed by atoms with Gasteiger partial charge in [-0.3, -0.25) is 4.79 Å². The van der Waals surface area contributed by atoms with Gasteiger partial charge in [-0.25, -0.2) is 14.4 Å². The number of halogens is 1. The van der Waals surface area contributed by atoms with Gasteiger partial charge < -0.3 is 10.2 Å². The van der Waals surface area contributed by atoms with Gasteiger partial charge in [0.15, 0.2) is 5.78 Å². The van der Waals surface area contributed by atoms with Crippen LogP contribution < -0.4 is 10.2 Å². The maximum Gasteiger partial charge on any atom is 0.225 e. The summed E-state index contributed by atoms with van der Waals surface area (Å²) >= 11 is 0. The Kier molecular flexibility index (Phi) is 2.01. The van der Waals surface area contributed by atoms with Crippen LogP contribution in [0.1, 0.15) is 26.9 Å². The number of nitrogens with zero attached hydrogens (tertiary/aromatic N) is 3. The van der Waals surface area contributed by atoms with Crippen molar-refractivity contribution in [2.75, 3.05) is 30.9 Å². The lowest BCUT2D eigenvalue weighted by molar-refractivity contribution is 0.103. The number of carbonyl (C=O) groups excluding carboxylic acids is 1. The van der Waals surface area contributed by atoms with Gasteiger partial charge >= 0.3 is 0 Å². The number of nitrogens with one attached hydrogen (secondary N) is 1. The van der Waals surface area contributed by atoms with Crippen molar-refractivity contribution in [2.24, 2.45) is 0 Å². The van der Waals surface area contributed by atoms with Crippen molar-refractivity contribution in [3.63, 3.8) is 0 Å². The summed E-state index contributed by atoms with van der Waals surface area (Å²) in [4.78, 5) is 20.1. The fraction of sp³-hybridized carbons (Fsp3) is 0.267. The molecule has 0 radical (unpaired) electrons. The molecule has 5 nitrogen and oxygen atoms in total. The van der Waals surface area contributed by atoms with E-state index in [4.69, 9.17) is 11.0 Å². The molecule has 0 aliphatic carbocycles. The monoisotopic (exact) mass is 294 g/mol. The fourth-order valence-corrected chi connectivity index (χ4v) is 1.65. The fourth-order valence-electron chi connectivity index (χ4n) is 1.65. The first-order valence-electron chi connectivity index (χ1n) is 9.93. The summed E-state index contributed by atoms with van der Waals surface area (Å²) in [5, 5.41) is 1.70. The number of aromatic nitrogens is 2. The number of anilines is 1. The van der Waals surface area contributed by atoms with Crippen LogP contribution in [0.15, 0.2) is 36.7 Å². The summed E-state index contributed by atoms with van der Waals surface area (Å²) in [5.74, 6) is -1.74. The third-order valence-electron chi connectivity index (χ3n) is 2.67. The molecule has 1 aliphatic heterocycles. The second kappa shape index (κ2) is 5.97. The first kappa shape index (κ1) is 7.09. The minimum Gasteiger partial charge on any atom is -0.338 e. The van der Waals surface area contributed by atoms with Crippen LogP contribution >= 0.6 is 0 Å². The highest BCUT2D eigenvalue weighted by molar-refractivity contribution is 6.08. The van der Waals surface area contributed by atoms with Crippen LogP contribution in [0.4, 0.5) is 10.3 Å². The van der Waals surface area contributed by atoms with E-state index in [1.165, 1.54) is 12.1 Å². The zero-order valence-electron chi connectivity index (χ0n) is 18.6. The topological polar surface area (TPSA) is 58.1 Å². The van der Waals surface area contributed by atoms with Crippen molar-refractivity contribution in [1.82, 2.24) is 15.3 Å². The van der Waals surface area contributed by atoms with Crippen LogP contribution in [0.25, 0.3) is 0 Å². The molecular weight excluding hydrogens is 271 g/mol. The van der Waals surface area contributed by atoms with Gasteiger partial charge in [0.2, 0.25) is 5.95 Å². The number of rotatable bonds is 3. The smallest absolute Gasteiger partial charge is 0.225 e. The van der Waals surface area contributed by atoms with Gasteiger partial charge in [-0.1, -0.05) is 0 Å². The highest BCUT2D eigenvalue weighted by Crippen LogP contribution is 2.12. The lowest BCUT2D eigenvalue weighted by Crippen LogP contribution is -2.44. The third kappa shape index (κ3) is 3.05. The molecule has 3 rings (SSSR count). The molecule has 21 heavy (non-hydrogen) atoms. The molecule has 6 heteroatoms. The summed E-state index contributed by atoms with van der Waals surface area (Å²) in [5.41, 5.74) is 0.0888. The molecule has 1 aliphatic rings. The van der Waals surface area contributed by atoms with Crippen molar-refractivity contribution in [3.05, 3.63) is 53.6 Å². The maximum absolute atomic E-state index is 13.0. The molecular formula is C15H15FN4O. The number of piperazine rings is 1. The predicted octanol–water partition coefficient (Wildman–Crippen LogP) is 1.26. The molecule has 108 valence electrons. The van der Waals surface area contributed by atoms with Gasteiger partial charge in [0.1, 0.15) is 5.82 Å².